The standard InChI is InChI=1S/C18H24N2O5S3/c1-25-16-7-4-8-17(14-16)27(21,22)19-11-10-15-6-2-3-12-20(15)28(23,24)18-9-5-13-26-18/h4-5,7-9,13-15,19H,2-3,6,10-12H2,1H3. The second-order valence-electron chi connectivity index (χ2n) is 6.56. The van der Waals surface area contributed by atoms with Gasteiger partial charge in [-0.3, -0.25) is 0 Å². The molecule has 0 saturated carbocycles. The molecule has 2 aromatic rings. The van der Waals surface area contributed by atoms with Crippen LogP contribution in [0.5, 0.6) is 5.75 Å². The van der Waals surface area contributed by atoms with Gasteiger partial charge in [0.2, 0.25) is 10.0 Å². The lowest BCUT2D eigenvalue weighted by molar-refractivity contribution is 0.242. The topological polar surface area (TPSA) is 92.8 Å². The molecule has 7 nitrogen and oxygen atoms in total. The first-order valence-corrected chi connectivity index (χ1v) is 12.8. The monoisotopic (exact) mass is 444 g/mol. The minimum atomic E-state index is -3.69. The van der Waals surface area contributed by atoms with Gasteiger partial charge in [0.05, 0.1) is 12.0 Å². The summed E-state index contributed by atoms with van der Waals surface area (Å²) in [5.41, 5.74) is 0. The van der Waals surface area contributed by atoms with Gasteiger partial charge in [0.25, 0.3) is 10.0 Å². The van der Waals surface area contributed by atoms with Gasteiger partial charge >= 0.3 is 0 Å². The Labute approximate surface area is 170 Å². The van der Waals surface area contributed by atoms with Crippen molar-refractivity contribution in [2.75, 3.05) is 20.2 Å². The van der Waals surface area contributed by atoms with Crippen molar-refractivity contribution in [3.63, 3.8) is 0 Å². The van der Waals surface area contributed by atoms with Crippen LogP contribution in [0.1, 0.15) is 25.7 Å². The number of methoxy groups -OCH3 is 1. The third-order valence-electron chi connectivity index (χ3n) is 4.75. The largest absolute Gasteiger partial charge is 0.497 e. The molecule has 1 aliphatic heterocycles. The third kappa shape index (κ3) is 4.74. The number of piperidine rings is 1. The molecule has 3 rings (SSSR count). The van der Waals surface area contributed by atoms with Gasteiger partial charge in [0.1, 0.15) is 9.96 Å². The summed E-state index contributed by atoms with van der Waals surface area (Å²) in [5.74, 6) is 0.461. The zero-order valence-corrected chi connectivity index (χ0v) is 18.0. The van der Waals surface area contributed by atoms with Crippen LogP contribution in [-0.4, -0.2) is 47.4 Å². The highest BCUT2D eigenvalue weighted by atomic mass is 32.2. The Kier molecular flexibility index (Phi) is 6.77. The SMILES string of the molecule is COc1cccc(S(=O)(=O)NCCC2CCCCN2S(=O)(=O)c2cccs2)c1. The molecule has 1 N–H and O–H groups in total. The summed E-state index contributed by atoms with van der Waals surface area (Å²) in [6, 6.07) is 9.36. The lowest BCUT2D eigenvalue weighted by Crippen LogP contribution is -2.44. The summed E-state index contributed by atoms with van der Waals surface area (Å²) in [4.78, 5) is 0.124. The molecule has 2 heterocycles. The smallest absolute Gasteiger partial charge is 0.252 e. The average Bonchev–Trinajstić information content (AvgIpc) is 3.24. The van der Waals surface area contributed by atoms with Crippen molar-refractivity contribution in [2.45, 2.75) is 40.8 Å². The number of rotatable bonds is 8. The van der Waals surface area contributed by atoms with Crippen LogP contribution in [0.15, 0.2) is 50.9 Å². The van der Waals surface area contributed by atoms with E-state index in [-0.39, 0.29) is 17.5 Å². The van der Waals surface area contributed by atoms with Crippen LogP contribution < -0.4 is 9.46 Å². The van der Waals surface area contributed by atoms with E-state index >= 15 is 0 Å². The maximum atomic E-state index is 12.9. The molecule has 1 aromatic carbocycles. The molecule has 0 spiro atoms. The lowest BCUT2D eigenvalue weighted by atomic mass is 10.0. The summed E-state index contributed by atoms with van der Waals surface area (Å²) in [6.07, 6.45) is 2.90. The summed E-state index contributed by atoms with van der Waals surface area (Å²) in [7, 11) is -5.75. The van der Waals surface area contributed by atoms with Crippen molar-refractivity contribution in [1.82, 2.24) is 9.03 Å². The first-order valence-electron chi connectivity index (χ1n) is 9.03. The minimum absolute atomic E-state index is 0.124. The molecule has 0 amide bonds. The van der Waals surface area contributed by atoms with Gasteiger partial charge in [-0.15, -0.1) is 11.3 Å². The van der Waals surface area contributed by atoms with Crippen molar-refractivity contribution in [3.8, 4) is 5.75 Å². The predicted molar refractivity (Wildman–Crippen MR) is 109 cm³/mol. The average molecular weight is 445 g/mol. The van der Waals surface area contributed by atoms with Gasteiger partial charge in [0.15, 0.2) is 0 Å². The van der Waals surface area contributed by atoms with Crippen molar-refractivity contribution in [2.24, 2.45) is 0 Å². The van der Waals surface area contributed by atoms with Gasteiger partial charge in [-0.25, -0.2) is 21.6 Å². The van der Waals surface area contributed by atoms with Gasteiger partial charge in [-0.1, -0.05) is 18.6 Å². The van der Waals surface area contributed by atoms with E-state index in [9.17, 15) is 16.8 Å². The Hall–Kier alpha value is -1.46. The van der Waals surface area contributed by atoms with E-state index in [1.165, 1.54) is 34.9 Å². The number of sulfonamides is 2. The highest BCUT2D eigenvalue weighted by molar-refractivity contribution is 7.91. The Morgan fingerprint density at radius 2 is 2.00 bits per heavy atom. The Bertz CT molecular complexity index is 988. The van der Waals surface area contributed by atoms with Crippen LogP contribution in [0.25, 0.3) is 0 Å². The molecule has 28 heavy (non-hydrogen) atoms. The molecule has 10 heteroatoms. The number of nitrogens with one attached hydrogen (secondary N) is 1. The van der Waals surface area contributed by atoms with Crippen molar-refractivity contribution < 1.29 is 21.6 Å². The van der Waals surface area contributed by atoms with Crippen molar-refractivity contribution in [3.05, 3.63) is 41.8 Å². The Balaban J connectivity index is 1.67. The van der Waals surface area contributed by atoms with Crippen LogP contribution in [0.2, 0.25) is 0 Å². The normalized spacial score (nSPS) is 18.8. The summed E-state index contributed by atoms with van der Waals surface area (Å²) >= 11 is 1.20. The fraction of sp³-hybridized carbons (Fsp3) is 0.444. The van der Waals surface area contributed by atoms with Crippen LogP contribution in [0, 0.1) is 0 Å². The summed E-state index contributed by atoms with van der Waals surface area (Å²) in [6.45, 7) is 0.633. The first kappa shape index (κ1) is 21.3. The molecular weight excluding hydrogens is 420 g/mol. The van der Waals surface area contributed by atoms with E-state index in [0.717, 1.165) is 19.3 Å². The molecule has 1 fully saturated rings. The van der Waals surface area contributed by atoms with Crippen LogP contribution in [0.3, 0.4) is 0 Å². The predicted octanol–water partition coefficient (Wildman–Crippen LogP) is 2.67. The number of thiophene rings is 1. The number of hydrogen-bond donors (Lipinski definition) is 1. The molecule has 0 radical (unpaired) electrons. The lowest BCUT2D eigenvalue weighted by Gasteiger charge is -2.34. The number of hydrogen-bond acceptors (Lipinski definition) is 6. The van der Waals surface area contributed by atoms with E-state index in [4.69, 9.17) is 4.74 Å². The van der Waals surface area contributed by atoms with E-state index in [1.807, 2.05) is 0 Å². The number of nitrogens with zero attached hydrogens (tertiary/aromatic N) is 1. The molecule has 0 aliphatic carbocycles. The fourth-order valence-corrected chi connectivity index (χ4v) is 7.24. The maximum absolute atomic E-state index is 12.9. The molecule has 154 valence electrons. The van der Waals surface area contributed by atoms with Crippen molar-refractivity contribution in [1.29, 1.82) is 0 Å². The summed E-state index contributed by atoms with van der Waals surface area (Å²) in [5, 5.41) is 1.74. The first-order chi connectivity index (χ1) is 13.3. The van der Waals surface area contributed by atoms with Crippen LogP contribution in [0.4, 0.5) is 0 Å². The molecule has 1 atom stereocenters. The van der Waals surface area contributed by atoms with E-state index in [0.29, 0.717) is 22.9 Å². The van der Waals surface area contributed by atoms with E-state index < -0.39 is 20.0 Å². The quantitative estimate of drug-likeness (QED) is 0.676. The zero-order chi connectivity index (χ0) is 20.2. The second kappa shape index (κ2) is 8.91. The van der Waals surface area contributed by atoms with E-state index in [2.05, 4.69) is 4.72 Å². The van der Waals surface area contributed by atoms with Gasteiger partial charge < -0.3 is 4.74 Å². The highest BCUT2D eigenvalue weighted by Gasteiger charge is 2.34. The Morgan fingerprint density at radius 3 is 2.71 bits per heavy atom. The molecular formula is C18H24N2O5S3. The van der Waals surface area contributed by atoms with Gasteiger partial charge in [-0.2, -0.15) is 4.31 Å². The van der Waals surface area contributed by atoms with Gasteiger partial charge in [-0.05, 0) is 42.8 Å². The van der Waals surface area contributed by atoms with Crippen LogP contribution >= 0.6 is 11.3 Å². The zero-order valence-electron chi connectivity index (χ0n) is 15.6. The molecule has 0 bridgehead atoms. The fourth-order valence-electron chi connectivity index (χ4n) is 3.32. The third-order valence-corrected chi connectivity index (χ3v) is 9.54. The highest BCUT2D eigenvalue weighted by Crippen LogP contribution is 2.29. The van der Waals surface area contributed by atoms with Crippen molar-refractivity contribution >= 4 is 31.4 Å². The molecule has 1 unspecified atom stereocenters. The maximum Gasteiger partial charge on any atom is 0.252 e. The van der Waals surface area contributed by atoms with Crippen LogP contribution in [-0.2, 0) is 20.0 Å². The Morgan fingerprint density at radius 1 is 1.18 bits per heavy atom. The molecule has 1 aromatic heterocycles. The number of benzene rings is 1. The van der Waals surface area contributed by atoms with E-state index in [1.54, 1.807) is 29.6 Å². The number of ether oxygens (including phenoxy) is 1. The summed E-state index contributed by atoms with van der Waals surface area (Å²) < 4.78 is 60.3. The van der Waals surface area contributed by atoms with Gasteiger partial charge in [0, 0.05) is 25.2 Å². The minimum Gasteiger partial charge on any atom is -0.497 e. The second-order valence-corrected chi connectivity index (χ2v) is 11.4. The molecule has 1 saturated heterocycles. The molecule has 1 aliphatic rings.